The summed E-state index contributed by atoms with van der Waals surface area (Å²) in [4.78, 5) is 24.2. The van der Waals surface area contributed by atoms with E-state index in [1.807, 2.05) is 30.3 Å². The SMILES string of the molecule is CC(=O)O[C@H]1CC[C@H]2[C@@H]3CCC4=C[C@@H](OC(=O)c5ccccc5)CC[C@]4(C)[C@H]3CC[C@]12C. The van der Waals surface area contributed by atoms with Gasteiger partial charge in [0.15, 0.2) is 0 Å². The zero-order valence-electron chi connectivity index (χ0n) is 19.6. The smallest absolute Gasteiger partial charge is 0.338 e. The van der Waals surface area contributed by atoms with Crippen LogP contribution in [0, 0.1) is 28.6 Å². The first-order valence-corrected chi connectivity index (χ1v) is 12.5. The average molecular weight is 437 g/mol. The summed E-state index contributed by atoms with van der Waals surface area (Å²) in [6.45, 7) is 6.39. The van der Waals surface area contributed by atoms with Crippen molar-refractivity contribution in [2.24, 2.45) is 28.6 Å². The lowest BCUT2D eigenvalue weighted by atomic mass is 9.47. The Morgan fingerprint density at radius 2 is 1.69 bits per heavy atom. The van der Waals surface area contributed by atoms with E-state index in [9.17, 15) is 9.59 Å². The van der Waals surface area contributed by atoms with Crippen molar-refractivity contribution in [3.05, 3.63) is 47.5 Å². The van der Waals surface area contributed by atoms with Crippen LogP contribution in [0.2, 0.25) is 0 Å². The molecule has 0 spiro atoms. The Balaban J connectivity index is 1.32. The second-order valence-corrected chi connectivity index (χ2v) is 11.1. The number of esters is 2. The molecule has 3 fully saturated rings. The molecule has 7 atom stereocenters. The maximum atomic E-state index is 12.6. The Kier molecular flexibility index (Phi) is 5.46. The molecule has 0 heterocycles. The summed E-state index contributed by atoms with van der Waals surface area (Å²) in [6.07, 6.45) is 11.1. The van der Waals surface area contributed by atoms with Crippen molar-refractivity contribution in [2.75, 3.05) is 0 Å². The largest absolute Gasteiger partial charge is 0.462 e. The van der Waals surface area contributed by atoms with E-state index in [0.717, 1.165) is 32.1 Å². The van der Waals surface area contributed by atoms with Gasteiger partial charge < -0.3 is 9.47 Å². The Morgan fingerprint density at radius 1 is 0.906 bits per heavy atom. The van der Waals surface area contributed by atoms with Crippen molar-refractivity contribution >= 4 is 11.9 Å². The van der Waals surface area contributed by atoms with E-state index in [1.54, 1.807) is 6.92 Å². The standard InChI is InChI=1S/C28H36O4/c1-18(29)31-25-12-11-23-22-10-9-20-17-21(32-26(30)19-7-5-4-6-8-19)13-15-27(20,2)24(22)14-16-28(23,25)3/h4-8,17,21-25H,9-16H2,1-3H3/t21-,22-,23-,24-,25-,27-,28-/m0/s1. The molecule has 172 valence electrons. The van der Waals surface area contributed by atoms with Gasteiger partial charge in [-0.2, -0.15) is 0 Å². The number of benzene rings is 1. The van der Waals surface area contributed by atoms with Crippen LogP contribution in [-0.4, -0.2) is 24.1 Å². The molecule has 0 aliphatic heterocycles. The minimum Gasteiger partial charge on any atom is -0.462 e. The number of ether oxygens (including phenoxy) is 2. The van der Waals surface area contributed by atoms with E-state index >= 15 is 0 Å². The number of hydrogen-bond acceptors (Lipinski definition) is 4. The molecule has 0 unspecified atom stereocenters. The minimum atomic E-state index is -0.222. The van der Waals surface area contributed by atoms with E-state index in [0.29, 0.717) is 23.3 Å². The summed E-state index contributed by atoms with van der Waals surface area (Å²) in [7, 11) is 0. The number of carbonyl (C=O) groups is 2. The van der Waals surface area contributed by atoms with Crippen LogP contribution < -0.4 is 0 Å². The van der Waals surface area contributed by atoms with Gasteiger partial charge in [-0.25, -0.2) is 4.79 Å². The second kappa shape index (κ2) is 8.04. The van der Waals surface area contributed by atoms with Gasteiger partial charge in [0.1, 0.15) is 12.2 Å². The number of carbonyl (C=O) groups excluding carboxylic acids is 2. The van der Waals surface area contributed by atoms with Gasteiger partial charge in [0.2, 0.25) is 0 Å². The summed E-state index contributed by atoms with van der Waals surface area (Å²) in [6, 6.07) is 9.30. The third kappa shape index (κ3) is 3.50. The van der Waals surface area contributed by atoms with E-state index in [1.165, 1.54) is 24.8 Å². The molecule has 0 saturated heterocycles. The fourth-order valence-corrected chi connectivity index (χ4v) is 7.92. The lowest BCUT2D eigenvalue weighted by molar-refractivity contribution is -0.157. The van der Waals surface area contributed by atoms with Crippen LogP contribution in [0.1, 0.15) is 82.5 Å². The number of rotatable bonds is 3. The van der Waals surface area contributed by atoms with Crippen molar-refractivity contribution in [3.8, 4) is 0 Å². The molecule has 0 amide bonds. The molecule has 4 nitrogen and oxygen atoms in total. The highest BCUT2D eigenvalue weighted by Gasteiger charge is 2.59. The van der Waals surface area contributed by atoms with Crippen molar-refractivity contribution in [3.63, 3.8) is 0 Å². The molecule has 0 bridgehead atoms. The van der Waals surface area contributed by atoms with Crippen LogP contribution in [0.15, 0.2) is 42.0 Å². The molecule has 3 saturated carbocycles. The van der Waals surface area contributed by atoms with Gasteiger partial charge in [-0.3, -0.25) is 4.79 Å². The summed E-state index contributed by atoms with van der Waals surface area (Å²) >= 11 is 0. The maximum absolute atomic E-state index is 12.6. The normalized spacial score (nSPS) is 40.3. The van der Waals surface area contributed by atoms with Crippen LogP contribution in [-0.2, 0) is 14.3 Å². The minimum absolute atomic E-state index is 0.0869. The molecule has 4 aliphatic rings. The third-order valence-electron chi connectivity index (χ3n) is 9.56. The second-order valence-electron chi connectivity index (χ2n) is 11.1. The quantitative estimate of drug-likeness (QED) is 0.424. The van der Waals surface area contributed by atoms with Gasteiger partial charge in [0, 0.05) is 12.3 Å². The molecule has 1 aromatic carbocycles. The summed E-state index contributed by atoms with van der Waals surface area (Å²) in [5.74, 6) is 1.68. The highest BCUT2D eigenvalue weighted by atomic mass is 16.5. The van der Waals surface area contributed by atoms with Gasteiger partial charge in [0.25, 0.3) is 0 Å². The molecule has 0 radical (unpaired) electrons. The zero-order chi connectivity index (χ0) is 22.5. The number of hydrogen-bond donors (Lipinski definition) is 0. The molecular weight excluding hydrogens is 400 g/mol. The molecular formula is C28H36O4. The van der Waals surface area contributed by atoms with Gasteiger partial charge in [-0.05, 0) is 92.7 Å². The number of fused-ring (bicyclic) bond motifs is 5. The zero-order valence-corrected chi connectivity index (χ0v) is 19.6. The predicted molar refractivity (Wildman–Crippen MR) is 123 cm³/mol. The maximum Gasteiger partial charge on any atom is 0.338 e. The van der Waals surface area contributed by atoms with Crippen LogP contribution in [0.4, 0.5) is 0 Å². The van der Waals surface area contributed by atoms with Crippen LogP contribution in [0.3, 0.4) is 0 Å². The van der Waals surface area contributed by atoms with Crippen molar-refractivity contribution in [1.82, 2.24) is 0 Å². The summed E-state index contributed by atoms with van der Waals surface area (Å²) in [5, 5.41) is 0. The Bertz CT molecular complexity index is 921. The fraction of sp³-hybridized carbons (Fsp3) is 0.643. The first-order chi connectivity index (χ1) is 15.3. The molecule has 4 heteroatoms. The highest BCUT2D eigenvalue weighted by Crippen LogP contribution is 2.65. The molecule has 0 aromatic heterocycles. The molecule has 5 rings (SSSR count). The number of allylic oxidation sites excluding steroid dienone is 1. The highest BCUT2D eigenvalue weighted by molar-refractivity contribution is 5.89. The predicted octanol–water partition coefficient (Wildman–Crippen LogP) is 6.11. The first kappa shape index (κ1) is 21.7. The summed E-state index contributed by atoms with van der Waals surface area (Å²) in [5.41, 5.74) is 2.47. The van der Waals surface area contributed by atoms with E-state index in [-0.39, 0.29) is 35.0 Å². The molecule has 32 heavy (non-hydrogen) atoms. The lowest BCUT2D eigenvalue weighted by Crippen LogP contribution is -2.52. The van der Waals surface area contributed by atoms with Gasteiger partial charge >= 0.3 is 11.9 Å². The van der Waals surface area contributed by atoms with E-state index in [2.05, 4.69) is 19.9 Å². The Morgan fingerprint density at radius 3 is 2.44 bits per heavy atom. The monoisotopic (exact) mass is 436 g/mol. The van der Waals surface area contributed by atoms with E-state index < -0.39 is 0 Å². The average Bonchev–Trinajstić information content (AvgIpc) is 3.10. The Labute approximate surface area is 191 Å². The van der Waals surface area contributed by atoms with Gasteiger partial charge in [-0.1, -0.05) is 37.6 Å². The van der Waals surface area contributed by atoms with Crippen LogP contribution in [0.5, 0.6) is 0 Å². The molecule has 0 N–H and O–H groups in total. The van der Waals surface area contributed by atoms with Crippen molar-refractivity contribution in [1.29, 1.82) is 0 Å². The molecule has 4 aliphatic carbocycles. The van der Waals surface area contributed by atoms with E-state index in [4.69, 9.17) is 9.47 Å². The lowest BCUT2D eigenvalue weighted by Gasteiger charge is -2.58. The van der Waals surface area contributed by atoms with Gasteiger partial charge in [-0.15, -0.1) is 0 Å². The fourth-order valence-electron chi connectivity index (χ4n) is 7.92. The molecule has 1 aromatic rings. The Hall–Kier alpha value is -2.10. The van der Waals surface area contributed by atoms with Gasteiger partial charge in [0.05, 0.1) is 5.56 Å². The third-order valence-corrected chi connectivity index (χ3v) is 9.56. The topological polar surface area (TPSA) is 52.6 Å². The summed E-state index contributed by atoms with van der Waals surface area (Å²) < 4.78 is 11.7. The van der Waals surface area contributed by atoms with Crippen molar-refractivity contribution < 1.29 is 19.1 Å². The van der Waals surface area contributed by atoms with Crippen molar-refractivity contribution in [2.45, 2.75) is 84.3 Å². The van der Waals surface area contributed by atoms with Crippen LogP contribution in [0.25, 0.3) is 0 Å². The first-order valence-electron chi connectivity index (χ1n) is 12.5. The van der Waals surface area contributed by atoms with Crippen LogP contribution >= 0.6 is 0 Å².